The maximum atomic E-state index is 12.9. The second kappa shape index (κ2) is 8.21. The van der Waals surface area contributed by atoms with Gasteiger partial charge in [0.2, 0.25) is 0 Å². The molecule has 1 atom stereocenters. The zero-order chi connectivity index (χ0) is 22.1. The molecule has 162 valence electrons. The maximum absolute atomic E-state index is 12.9. The minimum absolute atomic E-state index is 0.0778. The fraction of sp³-hybridized carbons (Fsp3) is 0.333. The highest BCUT2D eigenvalue weighted by atomic mass is 35.5. The number of carbonyl (C=O) groups excluding carboxylic acids is 1. The van der Waals surface area contributed by atoms with E-state index in [4.69, 9.17) is 11.6 Å². The number of hydrogen-bond donors (Lipinski definition) is 2. The van der Waals surface area contributed by atoms with Crippen LogP contribution in [0.5, 0.6) is 0 Å². The maximum Gasteiger partial charge on any atom is 0.433 e. The number of nitrogens with one attached hydrogen (secondary N) is 2. The van der Waals surface area contributed by atoms with E-state index in [9.17, 15) is 31.1 Å². The molecule has 5 nitrogen and oxygen atoms in total. The van der Waals surface area contributed by atoms with Gasteiger partial charge in [0.1, 0.15) is 5.69 Å². The number of aromatic nitrogens is 1. The highest BCUT2D eigenvalue weighted by Crippen LogP contribution is 2.36. The Kier molecular flexibility index (Phi) is 6.02. The van der Waals surface area contributed by atoms with Crippen molar-refractivity contribution in [3.05, 3.63) is 52.8 Å². The summed E-state index contributed by atoms with van der Waals surface area (Å²) >= 11 is 5.54. The summed E-state index contributed by atoms with van der Waals surface area (Å²) in [5.41, 5.74) is -1.67. The van der Waals surface area contributed by atoms with Gasteiger partial charge in [0.05, 0.1) is 22.5 Å². The first-order valence-corrected chi connectivity index (χ1v) is 9.04. The Hall–Kier alpha value is -2.69. The number of halogens is 7. The van der Waals surface area contributed by atoms with Crippen LogP contribution >= 0.6 is 11.6 Å². The lowest BCUT2D eigenvalue weighted by atomic mass is 10.2. The fourth-order valence-electron chi connectivity index (χ4n) is 3.03. The molecule has 1 aliphatic rings. The van der Waals surface area contributed by atoms with Crippen molar-refractivity contribution in [2.45, 2.75) is 24.8 Å². The summed E-state index contributed by atoms with van der Waals surface area (Å²) in [6, 6.07) is 4.13. The molecule has 1 fully saturated rings. The summed E-state index contributed by atoms with van der Waals surface area (Å²) in [4.78, 5) is 17.3. The van der Waals surface area contributed by atoms with E-state index in [0.717, 1.165) is 24.4 Å². The molecule has 2 heterocycles. The van der Waals surface area contributed by atoms with Crippen molar-refractivity contribution in [1.29, 1.82) is 0 Å². The predicted octanol–water partition coefficient (Wildman–Crippen LogP) is 5.17. The summed E-state index contributed by atoms with van der Waals surface area (Å²) in [7, 11) is 0. The average Bonchev–Trinajstić information content (AvgIpc) is 3.10. The number of anilines is 2. The zero-order valence-electron chi connectivity index (χ0n) is 15.1. The molecule has 0 unspecified atom stereocenters. The van der Waals surface area contributed by atoms with Crippen LogP contribution in [0.25, 0.3) is 0 Å². The van der Waals surface area contributed by atoms with Crippen LogP contribution in [-0.2, 0) is 12.4 Å². The minimum Gasteiger partial charge on any atom is -0.368 e. The van der Waals surface area contributed by atoms with Gasteiger partial charge in [0.25, 0.3) is 0 Å². The number of alkyl halides is 6. The first-order chi connectivity index (χ1) is 13.9. The summed E-state index contributed by atoms with van der Waals surface area (Å²) in [5.74, 6) is 0. The second-order valence-electron chi connectivity index (χ2n) is 6.62. The second-order valence-corrected chi connectivity index (χ2v) is 7.03. The molecular formula is C18H15ClF6N4O. The number of hydrogen-bond acceptors (Lipinski definition) is 3. The monoisotopic (exact) mass is 452 g/mol. The van der Waals surface area contributed by atoms with E-state index in [1.807, 2.05) is 0 Å². The third kappa shape index (κ3) is 5.26. The number of urea groups is 1. The molecule has 2 amide bonds. The third-order valence-electron chi connectivity index (χ3n) is 4.46. The average molecular weight is 453 g/mol. The summed E-state index contributed by atoms with van der Waals surface area (Å²) < 4.78 is 76.5. The van der Waals surface area contributed by atoms with Gasteiger partial charge in [-0.25, -0.2) is 9.78 Å². The van der Waals surface area contributed by atoms with Crippen molar-refractivity contribution < 1.29 is 31.1 Å². The van der Waals surface area contributed by atoms with Gasteiger partial charge in [-0.3, -0.25) is 0 Å². The van der Waals surface area contributed by atoms with Gasteiger partial charge in [-0.1, -0.05) is 11.6 Å². The molecule has 3 rings (SSSR count). The molecule has 30 heavy (non-hydrogen) atoms. The van der Waals surface area contributed by atoms with Crippen molar-refractivity contribution >= 4 is 29.0 Å². The molecule has 12 heteroatoms. The van der Waals surface area contributed by atoms with E-state index in [0.29, 0.717) is 25.2 Å². The molecule has 0 spiro atoms. The van der Waals surface area contributed by atoms with E-state index in [1.54, 1.807) is 4.90 Å². The number of benzene rings is 1. The van der Waals surface area contributed by atoms with Crippen LogP contribution in [0.2, 0.25) is 5.02 Å². The Bertz CT molecular complexity index is 916. The Morgan fingerprint density at radius 3 is 2.43 bits per heavy atom. The van der Waals surface area contributed by atoms with Crippen molar-refractivity contribution in [3.8, 4) is 0 Å². The number of pyridine rings is 1. The molecule has 0 aliphatic carbocycles. The normalized spacial score (nSPS) is 17.2. The Morgan fingerprint density at radius 1 is 1.10 bits per heavy atom. The summed E-state index contributed by atoms with van der Waals surface area (Å²) in [6.45, 7) is 0.784. The number of nitrogens with zero attached hydrogens (tertiary/aromatic N) is 2. The van der Waals surface area contributed by atoms with Crippen LogP contribution in [0.1, 0.15) is 17.7 Å². The number of rotatable bonds is 3. The van der Waals surface area contributed by atoms with Gasteiger partial charge in [-0.15, -0.1) is 0 Å². The van der Waals surface area contributed by atoms with Gasteiger partial charge in [-0.05, 0) is 36.8 Å². The van der Waals surface area contributed by atoms with Gasteiger partial charge < -0.3 is 15.5 Å². The molecule has 2 N–H and O–H groups in total. The van der Waals surface area contributed by atoms with Crippen LogP contribution in [0.15, 0.2) is 36.5 Å². The first-order valence-electron chi connectivity index (χ1n) is 8.66. The van der Waals surface area contributed by atoms with E-state index in [2.05, 4.69) is 15.6 Å². The van der Waals surface area contributed by atoms with Crippen molar-refractivity contribution in [2.24, 2.45) is 0 Å². The quantitative estimate of drug-likeness (QED) is 0.631. The van der Waals surface area contributed by atoms with Crippen LogP contribution in [-0.4, -0.2) is 30.1 Å². The minimum atomic E-state index is -4.66. The van der Waals surface area contributed by atoms with Gasteiger partial charge >= 0.3 is 18.4 Å². The van der Waals surface area contributed by atoms with Gasteiger partial charge in [-0.2, -0.15) is 26.3 Å². The Balaban J connectivity index is 1.57. The van der Waals surface area contributed by atoms with Crippen molar-refractivity contribution in [1.82, 2.24) is 10.3 Å². The lowest BCUT2D eigenvalue weighted by molar-refractivity contribution is -0.141. The van der Waals surface area contributed by atoms with Gasteiger partial charge in [0.15, 0.2) is 0 Å². The van der Waals surface area contributed by atoms with E-state index < -0.39 is 34.7 Å². The Morgan fingerprint density at radius 2 is 1.83 bits per heavy atom. The lowest BCUT2D eigenvalue weighted by Gasteiger charge is -2.19. The smallest absolute Gasteiger partial charge is 0.368 e. The van der Waals surface area contributed by atoms with E-state index in [-0.39, 0.29) is 11.7 Å². The Labute approximate surface area is 172 Å². The molecule has 0 radical (unpaired) electrons. The molecule has 0 saturated carbocycles. The molecular weight excluding hydrogens is 438 g/mol. The van der Waals surface area contributed by atoms with Crippen LogP contribution in [0.3, 0.4) is 0 Å². The standard InChI is InChI=1S/C18H15ClF6N4O/c19-14-3-1-10(7-13(14)17(20,21)22)27-16(30)28-11-5-6-29(9-11)12-2-4-15(26-8-12)18(23,24)25/h1-4,7-8,11H,5-6,9H2,(H2,27,28,30)/t11-/m0/s1. The predicted molar refractivity (Wildman–Crippen MR) is 98.5 cm³/mol. The fourth-order valence-corrected chi connectivity index (χ4v) is 3.25. The largest absolute Gasteiger partial charge is 0.433 e. The third-order valence-corrected chi connectivity index (χ3v) is 4.79. The molecule has 0 bridgehead atoms. The molecule has 1 aromatic heterocycles. The highest BCUT2D eigenvalue weighted by molar-refractivity contribution is 6.31. The lowest BCUT2D eigenvalue weighted by Crippen LogP contribution is -2.39. The SMILES string of the molecule is O=C(Nc1ccc(Cl)c(C(F)(F)F)c1)N[C@H]1CCN(c2ccc(C(F)(F)F)nc2)C1. The first kappa shape index (κ1) is 22.0. The molecule has 2 aromatic rings. The highest BCUT2D eigenvalue weighted by Gasteiger charge is 2.34. The molecule has 1 aliphatic heterocycles. The van der Waals surface area contributed by atoms with E-state index >= 15 is 0 Å². The topological polar surface area (TPSA) is 57.3 Å². The number of carbonyl (C=O) groups is 1. The van der Waals surface area contributed by atoms with E-state index in [1.165, 1.54) is 12.1 Å². The summed E-state index contributed by atoms with van der Waals surface area (Å²) in [6.07, 6.45) is -7.58. The van der Waals surface area contributed by atoms with Crippen LogP contribution in [0.4, 0.5) is 42.5 Å². The molecule has 1 aromatic carbocycles. The van der Waals surface area contributed by atoms with Crippen LogP contribution < -0.4 is 15.5 Å². The zero-order valence-corrected chi connectivity index (χ0v) is 15.9. The number of amides is 2. The van der Waals surface area contributed by atoms with Crippen LogP contribution in [0, 0.1) is 0 Å². The van der Waals surface area contributed by atoms with Crippen molar-refractivity contribution in [2.75, 3.05) is 23.3 Å². The van der Waals surface area contributed by atoms with Gasteiger partial charge in [0, 0.05) is 24.8 Å². The van der Waals surface area contributed by atoms with Crippen molar-refractivity contribution in [3.63, 3.8) is 0 Å². The molecule has 1 saturated heterocycles. The summed E-state index contributed by atoms with van der Waals surface area (Å²) in [5, 5.41) is 4.47.